The summed E-state index contributed by atoms with van der Waals surface area (Å²) in [6, 6.07) is 9.36. The number of hydrogen-bond acceptors (Lipinski definition) is 4. The molecule has 0 aliphatic heterocycles. The Labute approximate surface area is 108 Å². The average Bonchev–Trinajstić information content (AvgIpc) is 2.30. The molecule has 18 heavy (non-hydrogen) atoms. The smallest absolute Gasteiger partial charge is 0.309 e. The van der Waals surface area contributed by atoms with Gasteiger partial charge in [-0.3, -0.25) is 9.36 Å². The number of carbonyl (C=O) groups is 1. The lowest BCUT2D eigenvalue weighted by molar-refractivity contribution is -0.116. The lowest BCUT2D eigenvalue weighted by atomic mass is 10.1. The first-order valence-corrected chi connectivity index (χ1v) is 7.76. The number of rotatable bonds is 8. The van der Waals surface area contributed by atoms with Crippen LogP contribution in [0.5, 0.6) is 0 Å². The van der Waals surface area contributed by atoms with Crippen LogP contribution in [-0.4, -0.2) is 25.2 Å². The van der Waals surface area contributed by atoms with Crippen molar-refractivity contribution in [2.24, 2.45) is 0 Å². The minimum absolute atomic E-state index is 0.133. The van der Waals surface area contributed by atoms with Gasteiger partial charge in [-0.15, -0.1) is 0 Å². The van der Waals surface area contributed by atoms with Crippen LogP contribution in [0.1, 0.15) is 19.4 Å². The van der Waals surface area contributed by atoms with Crippen molar-refractivity contribution in [3.8, 4) is 0 Å². The first-order valence-electron chi connectivity index (χ1n) is 6.03. The van der Waals surface area contributed by atoms with Gasteiger partial charge in [0.25, 0.3) is 0 Å². The third-order valence-corrected chi connectivity index (χ3v) is 4.31. The molecule has 1 aromatic rings. The Morgan fingerprint density at radius 3 is 2.17 bits per heavy atom. The second kappa shape index (κ2) is 7.47. The van der Waals surface area contributed by atoms with Crippen molar-refractivity contribution < 1.29 is 18.4 Å². The van der Waals surface area contributed by atoms with Crippen molar-refractivity contribution in [2.45, 2.75) is 20.3 Å². The van der Waals surface area contributed by atoms with Crippen molar-refractivity contribution >= 4 is 13.4 Å². The van der Waals surface area contributed by atoms with Crippen molar-refractivity contribution in [3.63, 3.8) is 0 Å². The predicted molar refractivity (Wildman–Crippen MR) is 70.9 cm³/mol. The highest BCUT2D eigenvalue weighted by atomic mass is 31.2. The second-order valence-electron chi connectivity index (χ2n) is 3.81. The summed E-state index contributed by atoms with van der Waals surface area (Å²) in [5, 5.41) is 0. The first kappa shape index (κ1) is 15.1. The SMILES string of the molecule is CCOP(=O)(CC(=O)Cc1ccccc1)OCC. The van der Waals surface area contributed by atoms with Crippen LogP contribution in [0, 0.1) is 0 Å². The van der Waals surface area contributed by atoms with Gasteiger partial charge in [-0.2, -0.15) is 0 Å². The molecule has 0 N–H and O–H groups in total. The average molecular weight is 270 g/mol. The predicted octanol–water partition coefficient (Wildman–Crippen LogP) is 3.06. The van der Waals surface area contributed by atoms with Crippen LogP contribution < -0.4 is 0 Å². The van der Waals surface area contributed by atoms with Crippen molar-refractivity contribution in [1.29, 1.82) is 0 Å². The molecule has 0 aromatic heterocycles. The third-order valence-electron chi connectivity index (χ3n) is 2.27. The summed E-state index contributed by atoms with van der Waals surface area (Å²) < 4.78 is 22.3. The molecule has 0 radical (unpaired) electrons. The van der Waals surface area contributed by atoms with Gasteiger partial charge < -0.3 is 9.05 Å². The van der Waals surface area contributed by atoms with Crippen molar-refractivity contribution in [3.05, 3.63) is 35.9 Å². The van der Waals surface area contributed by atoms with Crippen LogP contribution in [0.3, 0.4) is 0 Å². The van der Waals surface area contributed by atoms with Gasteiger partial charge in [0.05, 0.1) is 13.2 Å². The van der Waals surface area contributed by atoms with Crippen LogP contribution in [0.25, 0.3) is 0 Å². The molecule has 0 amide bonds. The number of benzene rings is 1. The molecule has 4 nitrogen and oxygen atoms in total. The van der Waals surface area contributed by atoms with Gasteiger partial charge in [0.2, 0.25) is 0 Å². The topological polar surface area (TPSA) is 52.6 Å². The molecule has 0 spiro atoms. The third kappa shape index (κ3) is 5.13. The van der Waals surface area contributed by atoms with E-state index < -0.39 is 7.60 Å². The van der Waals surface area contributed by atoms with E-state index in [4.69, 9.17) is 9.05 Å². The zero-order valence-electron chi connectivity index (χ0n) is 10.8. The number of carbonyl (C=O) groups excluding carboxylic acids is 1. The van der Waals surface area contributed by atoms with Gasteiger partial charge in [-0.25, -0.2) is 0 Å². The van der Waals surface area contributed by atoms with Gasteiger partial charge in [-0.1, -0.05) is 30.3 Å². The van der Waals surface area contributed by atoms with Gasteiger partial charge in [0, 0.05) is 6.42 Å². The van der Waals surface area contributed by atoms with Gasteiger partial charge in [-0.05, 0) is 19.4 Å². The Kier molecular flexibility index (Phi) is 6.27. The van der Waals surface area contributed by atoms with Crippen LogP contribution in [0.15, 0.2) is 30.3 Å². The monoisotopic (exact) mass is 270 g/mol. The molecule has 0 fully saturated rings. The van der Waals surface area contributed by atoms with Gasteiger partial charge >= 0.3 is 7.60 Å². The summed E-state index contributed by atoms with van der Waals surface area (Å²) in [7, 11) is -3.26. The van der Waals surface area contributed by atoms with E-state index in [0.29, 0.717) is 0 Å². The van der Waals surface area contributed by atoms with Gasteiger partial charge in [0.1, 0.15) is 11.9 Å². The van der Waals surface area contributed by atoms with E-state index in [1.54, 1.807) is 13.8 Å². The second-order valence-corrected chi connectivity index (χ2v) is 5.86. The van der Waals surface area contributed by atoms with E-state index in [0.717, 1.165) is 5.56 Å². The highest BCUT2D eigenvalue weighted by molar-refractivity contribution is 7.54. The summed E-state index contributed by atoms with van der Waals surface area (Å²) in [4.78, 5) is 11.8. The molecular weight excluding hydrogens is 251 g/mol. The van der Waals surface area contributed by atoms with Crippen LogP contribution in [0.2, 0.25) is 0 Å². The maximum atomic E-state index is 12.1. The molecule has 0 aliphatic rings. The Morgan fingerprint density at radius 1 is 1.11 bits per heavy atom. The number of ketones is 1. The van der Waals surface area contributed by atoms with Gasteiger partial charge in [0.15, 0.2) is 0 Å². The Balaban J connectivity index is 2.59. The molecule has 100 valence electrons. The fraction of sp³-hybridized carbons (Fsp3) is 0.462. The number of hydrogen-bond donors (Lipinski definition) is 0. The maximum absolute atomic E-state index is 12.1. The largest absolute Gasteiger partial charge is 0.338 e. The van der Waals surface area contributed by atoms with Crippen molar-refractivity contribution in [1.82, 2.24) is 0 Å². The zero-order chi connectivity index (χ0) is 13.4. The lowest BCUT2D eigenvalue weighted by Crippen LogP contribution is -2.12. The Hall–Kier alpha value is -0.960. The fourth-order valence-electron chi connectivity index (χ4n) is 1.62. The van der Waals surface area contributed by atoms with Crippen LogP contribution in [-0.2, 0) is 24.8 Å². The molecule has 1 rings (SSSR count). The Morgan fingerprint density at radius 2 is 1.67 bits per heavy atom. The molecule has 0 heterocycles. The van der Waals surface area contributed by atoms with E-state index >= 15 is 0 Å². The maximum Gasteiger partial charge on any atom is 0.338 e. The van der Waals surface area contributed by atoms with E-state index in [-0.39, 0.29) is 31.6 Å². The highest BCUT2D eigenvalue weighted by Gasteiger charge is 2.27. The minimum atomic E-state index is -3.26. The van der Waals surface area contributed by atoms with Crippen LogP contribution in [0.4, 0.5) is 0 Å². The summed E-state index contributed by atoms with van der Waals surface area (Å²) >= 11 is 0. The molecule has 0 bridgehead atoms. The Bertz CT molecular complexity index is 406. The molecule has 0 unspecified atom stereocenters. The number of Topliss-reactive ketones (excluding diaryl/α,β-unsaturated/α-hetero) is 1. The van der Waals surface area contributed by atoms with E-state index in [1.165, 1.54) is 0 Å². The van der Waals surface area contributed by atoms with Crippen LogP contribution >= 0.6 is 7.60 Å². The summed E-state index contributed by atoms with van der Waals surface area (Å²) in [6.45, 7) is 4.01. The standard InChI is InChI=1S/C13H19O4P/c1-3-16-18(15,17-4-2)11-13(14)10-12-8-6-5-7-9-12/h5-9H,3-4,10-11H2,1-2H3. The molecule has 1 aromatic carbocycles. The first-order chi connectivity index (χ1) is 8.59. The minimum Gasteiger partial charge on any atom is -0.309 e. The molecule has 0 aliphatic carbocycles. The highest BCUT2D eigenvalue weighted by Crippen LogP contribution is 2.47. The van der Waals surface area contributed by atoms with E-state index in [2.05, 4.69) is 0 Å². The molecule has 0 atom stereocenters. The summed E-state index contributed by atoms with van der Waals surface area (Å²) in [5.41, 5.74) is 0.905. The summed E-state index contributed by atoms with van der Waals surface area (Å²) in [5.74, 6) is -0.133. The fourth-order valence-corrected chi connectivity index (χ4v) is 3.21. The quantitative estimate of drug-likeness (QED) is 0.681. The summed E-state index contributed by atoms with van der Waals surface area (Å²) in [6.07, 6.45) is 0.0918. The zero-order valence-corrected chi connectivity index (χ0v) is 11.7. The van der Waals surface area contributed by atoms with E-state index in [1.807, 2.05) is 30.3 Å². The van der Waals surface area contributed by atoms with Crippen molar-refractivity contribution in [2.75, 3.05) is 19.4 Å². The molecule has 5 heteroatoms. The molecule has 0 saturated heterocycles. The lowest BCUT2D eigenvalue weighted by Gasteiger charge is -2.16. The molecular formula is C13H19O4P. The normalized spacial score (nSPS) is 11.4. The van der Waals surface area contributed by atoms with E-state index in [9.17, 15) is 9.36 Å². The molecule has 0 saturated carbocycles.